The Morgan fingerprint density at radius 3 is 2.19 bits per heavy atom. The summed E-state index contributed by atoms with van der Waals surface area (Å²) < 4.78 is 0. The predicted octanol–water partition coefficient (Wildman–Crippen LogP) is 4.27. The van der Waals surface area contributed by atoms with Crippen LogP contribution in [0.1, 0.15) is 48.7 Å². The summed E-state index contributed by atoms with van der Waals surface area (Å²) in [6, 6.07) is 15.9. The summed E-state index contributed by atoms with van der Waals surface area (Å²) in [6.45, 7) is 6.30. The van der Waals surface area contributed by atoms with Crippen molar-refractivity contribution in [3.05, 3.63) is 77.4 Å². The first-order valence-corrected chi connectivity index (χ1v) is 8.63. The van der Waals surface area contributed by atoms with Gasteiger partial charge in [-0.3, -0.25) is 4.79 Å². The quantitative estimate of drug-likeness (QED) is 0.817. The number of carbonyl (C=O) groups is 2. The molecular formula is C22H25NO3. The molecule has 2 N–H and O–H groups in total. The van der Waals surface area contributed by atoms with Crippen molar-refractivity contribution in [2.45, 2.75) is 38.6 Å². The molecule has 26 heavy (non-hydrogen) atoms. The fourth-order valence-corrected chi connectivity index (χ4v) is 2.49. The summed E-state index contributed by atoms with van der Waals surface area (Å²) in [6.07, 6.45) is 3.83. The third-order valence-electron chi connectivity index (χ3n) is 4.10. The van der Waals surface area contributed by atoms with Crippen LogP contribution >= 0.6 is 0 Å². The Bertz CT molecular complexity index is 771. The predicted molar refractivity (Wildman–Crippen MR) is 104 cm³/mol. The van der Waals surface area contributed by atoms with Crippen LogP contribution in [0.25, 0.3) is 6.08 Å². The third-order valence-corrected chi connectivity index (χ3v) is 4.10. The van der Waals surface area contributed by atoms with E-state index in [4.69, 9.17) is 0 Å². The van der Waals surface area contributed by atoms with Crippen molar-refractivity contribution < 1.29 is 14.7 Å². The molecule has 0 heterocycles. The molecule has 0 aromatic heterocycles. The van der Waals surface area contributed by atoms with Gasteiger partial charge in [-0.25, -0.2) is 4.79 Å². The van der Waals surface area contributed by atoms with Gasteiger partial charge < -0.3 is 10.4 Å². The molecular weight excluding hydrogens is 326 g/mol. The summed E-state index contributed by atoms with van der Waals surface area (Å²) in [7, 11) is 0. The van der Waals surface area contributed by atoms with E-state index < -0.39 is 12.0 Å². The highest BCUT2D eigenvalue weighted by Crippen LogP contribution is 2.22. The van der Waals surface area contributed by atoms with E-state index in [1.54, 1.807) is 18.2 Å². The minimum absolute atomic E-state index is 0.000832. The van der Waals surface area contributed by atoms with Gasteiger partial charge in [0.25, 0.3) is 5.91 Å². The Hall–Kier alpha value is -2.88. The van der Waals surface area contributed by atoms with Gasteiger partial charge in [-0.2, -0.15) is 0 Å². The van der Waals surface area contributed by atoms with E-state index in [2.05, 4.69) is 26.1 Å². The van der Waals surface area contributed by atoms with Crippen molar-refractivity contribution in [1.82, 2.24) is 5.32 Å². The summed E-state index contributed by atoms with van der Waals surface area (Å²) in [5, 5.41) is 12.0. The van der Waals surface area contributed by atoms with Crippen molar-refractivity contribution in [1.29, 1.82) is 0 Å². The van der Waals surface area contributed by atoms with Crippen molar-refractivity contribution in [2.24, 2.45) is 0 Å². The van der Waals surface area contributed by atoms with Gasteiger partial charge in [0.15, 0.2) is 0 Å². The normalized spacial score (nSPS) is 12.7. The molecule has 4 nitrogen and oxygen atoms in total. The fraction of sp³-hybridized carbons (Fsp3) is 0.273. The molecule has 2 rings (SSSR count). The first kappa shape index (κ1) is 19.4. The van der Waals surface area contributed by atoms with E-state index in [9.17, 15) is 14.7 Å². The monoisotopic (exact) mass is 351 g/mol. The molecule has 2 aromatic rings. The molecule has 0 saturated heterocycles. The minimum atomic E-state index is -1.05. The molecule has 0 bridgehead atoms. The highest BCUT2D eigenvalue weighted by molar-refractivity contribution is 5.96. The lowest BCUT2D eigenvalue weighted by Crippen LogP contribution is -2.40. The van der Waals surface area contributed by atoms with E-state index >= 15 is 0 Å². The molecule has 0 fully saturated rings. The molecule has 0 aliphatic rings. The number of amides is 1. The highest BCUT2D eigenvalue weighted by Gasteiger charge is 2.20. The molecule has 0 unspecified atom stereocenters. The van der Waals surface area contributed by atoms with Gasteiger partial charge in [0.2, 0.25) is 0 Å². The third kappa shape index (κ3) is 5.59. The molecule has 0 aliphatic heterocycles. The van der Waals surface area contributed by atoms with Crippen LogP contribution in [0.15, 0.2) is 60.7 Å². The number of benzene rings is 2. The summed E-state index contributed by atoms with van der Waals surface area (Å²) in [5.74, 6) is -1.44. The van der Waals surface area contributed by atoms with Crippen LogP contribution in [0.3, 0.4) is 0 Å². The lowest BCUT2D eigenvalue weighted by molar-refractivity contribution is -0.139. The summed E-state index contributed by atoms with van der Waals surface area (Å²) >= 11 is 0. The minimum Gasteiger partial charge on any atom is -0.480 e. The van der Waals surface area contributed by atoms with Crippen LogP contribution in [0.5, 0.6) is 0 Å². The largest absolute Gasteiger partial charge is 0.480 e. The number of carboxylic acids is 1. The first-order valence-electron chi connectivity index (χ1n) is 8.63. The van der Waals surface area contributed by atoms with Crippen molar-refractivity contribution in [3.63, 3.8) is 0 Å². The van der Waals surface area contributed by atoms with E-state index in [0.29, 0.717) is 5.56 Å². The van der Waals surface area contributed by atoms with Gasteiger partial charge in [-0.1, -0.05) is 75.4 Å². The number of nitrogens with one attached hydrogen (secondary N) is 1. The Kier molecular flexibility index (Phi) is 6.34. The highest BCUT2D eigenvalue weighted by atomic mass is 16.4. The van der Waals surface area contributed by atoms with Crippen LogP contribution in [-0.2, 0) is 10.2 Å². The van der Waals surface area contributed by atoms with Gasteiger partial charge in [0, 0.05) is 5.56 Å². The van der Waals surface area contributed by atoms with Gasteiger partial charge in [0.05, 0.1) is 0 Å². The topological polar surface area (TPSA) is 66.4 Å². The Balaban J connectivity index is 2.01. The zero-order chi connectivity index (χ0) is 19.2. The average molecular weight is 351 g/mol. The standard InChI is InChI=1S/C22H25NO3/c1-22(2,3)18-14-12-17(13-15-18)20(24)23-19(21(25)26)11-7-10-16-8-5-4-6-9-16/h4-10,12-15,19H,11H2,1-3H3,(H,23,24)(H,25,26)/b10-7+/t19-/m0/s1. The van der Waals surface area contributed by atoms with E-state index in [1.807, 2.05) is 48.5 Å². The van der Waals surface area contributed by atoms with Crippen LogP contribution < -0.4 is 5.32 Å². The maximum absolute atomic E-state index is 12.4. The van der Waals surface area contributed by atoms with Crippen LogP contribution in [-0.4, -0.2) is 23.0 Å². The van der Waals surface area contributed by atoms with E-state index in [0.717, 1.165) is 11.1 Å². The molecule has 2 aromatic carbocycles. The Labute approximate surface area is 154 Å². The number of hydrogen-bond donors (Lipinski definition) is 2. The van der Waals surface area contributed by atoms with Crippen molar-refractivity contribution in [3.8, 4) is 0 Å². The van der Waals surface area contributed by atoms with Gasteiger partial charge in [-0.15, -0.1) is 0 Å². The van der Waals surface area contributed by atoms with Crippen LogP contribution in [0.2, 0.25) is 0 Å². The summed E-state index contributed by atoms with van der Waals surface area (Å²) in [4.78, 5) is 23.8. The Morgan fingerprint density at radius 1 is 1.04 bits per heavy atom. The van der Waals surface area contributed by atoms with E-state index in [-0.39, 0.29) is 17.7 Å². The second-order valence-corrected chi connectivity index (χ2v) is 7.24. The maximum Gasteiger partial charge on any atom is 0.326 e. The van der Waals surface area contributed by atoms with Crippen molar-refractivity contribution >= 4 is 18.0 Å². The fourth-order valence-electron chi connectivity index (χ4n) is 2.49. The lowest BCUT2D eigenvalue weighted by Gasteiger charge is -2.19. The number of rotatable bonds is 6. The molecule has 0 radical (unpaired) electrons. The average Bonchev–Trinajstić information content (AvgIpc) is 2.61. The van der Waals surface area contributed by atoms with Crippen LogP contribution in [0.4, 0.5) is 0 Å². The molecule has 4 heteroatoms. The zero-order valence-corrected chi connectivity index (χ0v) is 15.4. The molecule has 1 amide bonds. The van der Waals surface area contributed by atoms with Crippen LogP contribution in [0, 0.1) is 0 Å². The molecule has 0 aliphatic carbocycles. The first-order chi connectivity index (χ1) is 12.3. The van der Waals surface area contributed by atoms with Gasteiger partial charge in [0.1, 0.15) is 6.04 Å². The lowest BCUT2D eigenvalue weighted by atomic mass is 9.86. The number of carbonyl (C=O) groups excluding carboxylic acids is 1. The van der Waals surface area contributed by atoms with Gasteiger partial charge >= 0.3 is 5.97 Å². The molecule has 136 valence electrons. The van der Waals surface area contributed by atoms with Gasteiger partial charge in [-0.05, 0) is 35.1 Å². The molecule has 1 atom stereocenters. The Morgan fingerprint density at radius 2 is 1.65 bits per heavy atom. The molecule has 0 spiro atoms. The number of hydrogen-bond acceptors (Lipinski definition) is 2. The second kappa shape index (κ2) is 8.48. The maximum atomic E-state index is 12.4. The zero-order valence-electron chi connectivity index (χ0n) is 15.4. The second-order valence-electron chi connectivity index (χ2n) is 7.24. The number of aliphatic carboxylic acids is 1. The smallest absolute Gasteiger partial charge is 0.326 e. The molecule has 0 saturated carbocycles. The SMILES string of the molecule is CC(C)(C)c1ccc(C(=O)N[C@@H](C/C=C/c2ccccc2)C(=O)O)cc1. The van der Waals surface area contributed by atoms with E-state index in [1.165, 1.54) is 0 Å². The summed E-state index contributed by atoms with van der Waals surface area (Å²) in [5.41, 5.74) is 2.56. The van der Waals surface area contributed by atoms with Crippen molar-refractivity contribution in [2.75, 3.05) is 0 Å². The number of carboxylic acid groups (broad SMARTS) is 1.